The van der Waals surface area contributed by atoms with Gasteiger partial charge in [-0.15, -0.1) is 0 Å². The number of amides is 1. The van der Waals surface area contributed by atoms with Crippen LogP contribution in [0.15, 0.2) is 0 Å². The molecular formula is C15H27NO2. The molecule has 0 N–H and O–H groups in total. The van der Waals surface area contributed by atoms with Gasteiger partial charge in [0.1, 0.15) is 0 Å². The number of ketones is 1. The standard InChI is InChI=1S/C15H27NO2/c1-6-15(4,5)12-9-7-8-10-16(12)14(18)13(17)11(2)3/h11-12H,6-10H2,1-5H3. The highest BCUT2D eigenvalue weighted by molar-refractivity contribution is 6.36. The van der Waals surface area contributed by atoms with Crippen LogP contribution in [0.25, 0.3) is 0 Å². The third-order valence-corrected chi connectivity index (χ3v) is 4.31. The summed E-state index contributed by atoms with van der Waals surface area (Å²) in [7, 11) is 0. The molecule has 104 valence electrons. The summed E-state index contributed by atoms with van der Waals surface area (Å²) in [6.45, 7) is 10.9. The minimum absolute atomic E-state index is 0.0906. The van der Waals surface area contributed by atoms with Crippen LogP contribution in [0.4, 0.5) is 0 Å². The van der Waals surface area contributed by atoms with Gasteiger partial charge in [-0.05, 0) is 31.1 Å². The van der Waals surface area contributed by atoms with Crippen molar-refractivity contribution in [2.24, 2.45) is 11.3 Å². The zero-order valence-electron chi connectivity index (χ0n) is 12.5. The van der Waals surface area contributed by atoms with Gasteiger partial charge in [-0.3, -0.25) is 9.59 Å². The molecule has 0 aromatic heterocycles. The van der Waals surface area contributed by atoms with Crippen LogP contribution in [0.2, 0.25) is 0 Å². The fraction of sp³-hybridized carbons (Fsp3) is 0.867. The van der Waals surface area contributed by atoms with Crippen LogP contribution in [-0.2, 0) is 9.59 Å². The number of nitrogens with zero attached hydrogens (tertiary/aromatic N) is 1. The zero-order chi connectivity index (χ0) is 13.9. The average Bonchev–Trinajstić information content (AvgIpc) is 2.36. The van der Waals surface area contributed by atoms with Gasteiger partial charge in [-0.1, -0.05) is 34.6 Å². The van der Waals surface area contributed by atoms with E-state index in [4.69, 9.17) is 0 Å². The van der Waals surface area contributed by atoms with E-state index in [1.165, 1.54) is 0 Å². The molecule has 0 aromatic rings. The van der Waals surface area contributed by atoms with E-state index in [-0.39, 0.29) is 29.1 Å². The van der Waals surface area contributed by atoms with E-state index in [2.05, 4.69) is 20.8 Å². The van der Waals surface area contributed by atoms with Gasteiger partial charge in [0.05, 0.1) is 0 Å². The highest BCUT2D eigenvalue weighted by atomic mass is 16.2. The van der Waals surface area contributed by atoms with Crippen molar-refractivity contribution in [2.75, 3.05) is 6.54 Å². The quantitative estimate of drug-likeness (QED) is 0.722. The maximum atomic E-state index is 12.3. The van der Waals surface area contributed by atoms with Gasteiger partial charge < -0.3 is 4.90 Å². The molecule has 18 heavy (non-hydrogen) atoms. The normalized spacial score (nSPS) is 21.2. The molecule has 1 unspecified atom stereocenters. The maximum Gasteiger partial charge on any atom is 0.290 e. The van der Waals surface area contributed by atoms with Crippen molar-refractivity contribution < 1.29 is 9.59 Å². The van der Waals surface area contributed by atoms with Crippen LogP contribution >= 0.6 is 0 Å². The van der Waals surface area contributed by atoms with E-state index in [1.54, 1.807) is 13.8 Å². The van der Waals surface area contributed by atoms with Crippen LogP contribution in [0.3, 0.4) is 0 Å². The lowest BCUT2D eigenvalue weighted by atomic mass is 9.76. The SMILES string of the molecule is CCC(C)(C)C1CCCCN1C(=O)C(=O)C(C)C. The minimum atomic E-state index is -0.267. The number of carbonyl (C=O) groups is 2. The van der Waals surface area contributed by atoms with E-state index in [0.717, 1.165) is 32.2 Å². The Morgan fingerprint density at radius 3 is 2.39 bits per heavy atom. The summed E-state index contributed by atoms with van der Waals surface area (Å²) in [6, 6.07) is 0.214. The molecule has 1 rings (SSSR count). The zero-order valence-corrected chi connectivity index (χ0v) is 12.5. The minimum Gasteiger partial charge on any atom is -0.333 e. The van der Waals surface area contributed by atoms with Gasteiger partial charge >= 0.3 is 0 Å². The first-order valence-corrected chi connectivity index (χ1v) is 7.16. The first-order valence-electron chi connectivity index (χ1n) is 7.16. The van der Waals surface area contributed by atoms with Crippen molar-refractivity contribution >= 4 is 11.7 Å². The van der Waals surface area contributed by atoms with Crippen LogP contribution < -0.4 is 0 Å². The number of carbonyl (C=O) groups excluding carboxylic acids is 2. The van der Waals surface area contributed by atoms with Crippen LogP contribution in [0, 0.1) is 11.3 Å². The Hall–Kier alpha value is -0.860. The van der Waals surface area contributed by atoms with Crippen LogP contribution in [0.5, 0.6) is 0 Å². The number of likely N-dealkylation sites (tertiary alicyclic amines) is 1. The number of Topliss-reactive ketones (excluding diaryl/α,β-unsaturated/α-hetero) is 1. The van der Waals surface area contributed by atoms with Crippen molar-refractivity contribution in [1.29, 1.82) is 0 Å². The monoisotopic (exact) mass is 253 g/mol. The van der Waals surface area contributed by atoms with E-state index in [1.807, 2.05) is 4.90 Å². The van der Waals surface area contributed by atoms with Gasteiger partial charge in [-0.2, -0.15) is 0 Å². The summed E-state index contributed by atoms with van der Waals surface area (Å²) in [5.41, 5.74) is 0.0906. The van der Waals surface area contributed by atoms with Gasteiger partial charge in [0.25, 0.3) is 5.91 Å². The third-order valence-electron chi connectivity index (χ3n) is 4.31. The van der Waals surface area contributed by atoms with Crippen molar-refractivity contribution in [3.05, 3.63) is 0 Å². The largest absolute Gasteiger partial charge is 0.333 e. The second-order valence-corrected chi connectivity index (χ2v) is 6.37. The van der Waals surface area contributed by atoms with Gasteiger partial charge in [0.15, 0.2) is 0 Å². The summed E-state index contributed by atoms with van der Waals surface area (Å²) in [4.78, 5) is 26.0. The highest BCUT2D eigenvalue weighted by Gasteiger charge is 2.39. The summed E-state index contributed by atoms with van der Waals surface area (Å²) in [5, 5.41) is 0. The lowest BCUT2D eigenvalue weighted by molar-refractivity contribution is -0.150. The maximum absolute atomic E-state index is 12.3. The smallest absolute Gasteiger partial charge is 0.290 e. The van der Waals surface area contributed by atoms with Crippen molar-refractivity contribution in [1.82, 2.24) is 4.90 Å². The molecule has 0 aromatic carbocycles. The summed E-state index contributed by atoms with van der Waals surface area (Å²) in [6.07, 6.45) is 4.23. The predicted molar refractivity (Wildman–Crippen MR) is 73.3 cm³/mol. The van der Waals surface area contributed by atoms with E-state index in [9.17, 15) is 9.59 Å². The Balaban J connectivity index is 2.89. The highest BCUT2D eigenvalue weighted by Crippen LogP contribution is 2.35. The number of hydrogen-bond donors (Lipinski definition) is 0. The molecule has 0 bridgehead atoms. The molecule has 1 aliphatic heterocycles. The Kier molecular flexibility index (Phi) is 4.94. The third kappa shape index (κ3) is 3.12. The molecule has 1 saturated heterocycles. The molecule has 0 saturated carbocycles. The Labute approximate surface area is 111 Å². The number of hydrogen-bond acceptors (Lipinski definition) is 2. The Morgan fingerprint density at radius 1 is 1.28 bits per heavy atom. The molecule has 0 radical (unpaired) electrons. The Morgan fingerprint density at radius 2 is 1.89 bits per heavy atom. The van der Waals surface area contributed by atoms with Gasteiger partial charge in [0, 0.05) is 18.5 Å². The second kappa shape index (κ2) is 5.85. The Bertz CT molecular complexity index is 320. The molecule has 3 nitrogen and oxygen atoms in total. The molecule has 1 heterocycles. The fourth-order valence-corrected chi connectivity index (χ4v) is 2.61. The molecule has 0 spiro atoms. The predicted octanol–water partition coefficient (Wildman–Crippen LogP) is 3.03. The molecule has 3 heteroatoms. The number of rotatable bonds is 4. The lowest BCUT2D eigenvalue weighted by Crippen LogP contribution is -2.53. The van der Waals surface area contributed by atoms with Crippen molar-refractivity contribution in [3.8, 4) is 0 Å². The van der Waals surface area contributed by atoms with Gasteiger partial charge in [-0.25, -0.2) is 0 Å². The summed E-state index contributed by atoms with van der Waals surface area (Å²) in [5.74, 6) is -0.713. The summed E-state index contributed by atoms with van der Waals surface area (Å²) < 4.78 is 0. The fourth-order valence-electron chi connectivity index (χ4n) is 2.61. The van der Waals surface area contributed by atoms with Crippen LogP contribution in [-0.4, -0.2) is 29.2 Å². The van der Waals surface area contributed by atoms with Gasteiger partial charge in [0.2, 0.25) is 5.78 Å². The summed E-state index contributed by atoms with van der Waals surface area (Å²) >= 11 is 0. The number of piperidine rings is 1. The van der Waals surface area contributed by atoms with E-state index >= 15 is 0 Å². The van der Waals surface area contributed by atoms with Crippen molar-refractivity contribution in [3.63, 3.8) is 0 Å². The molecular weight excluding hydrogens is 226 g/mol. The molecule has 1 amide bonds. The van der Waals surface area contributed by atoms with Crippen LogP contribution in [0.1, 0.15) is 60.3 Å². The second-order valence-electron chi connectivity index (χ2n) is 6.37. The van der Waals surface area contributed by atoms with E-state index < -0.39 is 0 Å². The molecule has 1 fully saturated rings. The van der Waals surface area contributed by atoms with E-state index in [0.29, 0.717) is 0 Å². The van der Waals surface area contributed by atoms with Crippen molar-refractivity contribution in [2.45, 2.75) is 66.3 Å². The molecule has 1 aliphatic rings. The average molecular weight is 253 g/mol. The molecule has 1 atom stereocenters. The molecule has 0 aliphatic carbocycles. The first kappa shape index (κ1) is 15.2. The topological polar surface area (TPSA) is 37.4 Å². The lowest BCUT2D eigenvalue weighted by Gasteiger charge is -2.44. The first-order chi connectivity index (χ1) is 8.31.